The fourth-order valence-corrected chi connectivity index (χ4v) is 3.67. The summed E-state index contributed by atoms with van der Waals surface area (Å²) < 4.78 is 3.72. The maximum atomic E-state index is 12.8. The summed E-state index contributed by atoms with van der Waals surface area (Å²) in [5.74, 6) is -0.278. The Hall–Kier alpha value is -3.19. The Morgan fingerprint density at radius 2 is 1.76 bits per heavy atom. The third-order valence-electron chi connectivity index (χ3n) is 4.66. The number of aromatic nitrogens is 3. The summed E-state index contributed by atoms with van der Waals surface area (Å²) in [5.41, 5.74) is 4.72. The molecule has 0 fully saturated rings. The summed E-state index contributed by atoms with van der Waals surface area (Å²) in [5, 5.41) is 7.31. The second-order valence-electron chi connectivity index (χ2n) is 6.99. The van der Waals surface area contributed by atoms with Crippen molar-refractivity contribution in [2.75, 3.05) is 5.32 Å². The van der Waals surface area contributed by atoms with Gasteiger partial charge in [0.05, 0.1) is 11.4 Å². The average Bonchev–Trinajstić information content (AvgIpc) is 3.12. The standard InChI is InChI=1S/C22H19BrN4O2/c1-14-3-6-16(7-4-14)19-12-20-22(29)26(9-10-27(20)25-19)13-21(28)24-18-8-5-15(2)11-17(18)23/h3-12H,13H2,1-2H3,(H,24,28). The topological polar surface area (TPSA) is 68.4 Å². The molecular formula is C22H19BrN4O2. The number of amides is 1. The molecule has 0 unspecified atom stereocenters. The lowest BCUT2D eigenvalue weighted by atomic mass is 10.1. The number of benzene rings is 2. The van der Waals surface area contributed by atoms with Crippen molar-refractivity contribution >= 4 is 33.0 Å². The fourth-order valence-electron chi connectivity index (χ4n) is 3.08. The van der Waals surface area contributed by atoms with Gasteiger partial charge in [0.15, 0.2) is 0 Å². The number of nitrogens with one attached hydrogen (secondary N) is 1. The van der Waals surface area contributed by atoms with Gasteiger partial charge in [-0.3, -0.25) is 9.59 Å². The maximum absolute atomic E-state index is 12.8. The highest BCUT2D eigenvalue weighted by molar-refractivity contribution is 9.10. The summed E-state index contributed by atoms with van der Waals surface area (Å²) in [4.78, 5) is 25.3. The predicted octanol–water partition coefficient (Wildman–Crippen LogP) is 4.18. The highest BCUT2D eigenvalue weighted by atomic mass is 79.9. The van der Waals surface area contributed by atoms with Crippen LogP contribution in [0.5, 0.6) is 0 Å². The van der Waals surface area contributed by atoms with Crippen molar-refractivity contribution in [1.82, 2.24) is 14.2 Å². The first kappa shape index (κ1) is 19.1. The number of carbonyl (C=O) groups is 1. The van der Waals surface area contributed by atoms with Crippen molar-refractivity contribution in [2.45, 2.75) is 20.4 Å². The van der Waals surface area contributed by atoms with E-state index in [0.717, 1.165) is 21.2 Å². The highest BCUT2D eigenvalue weighted by Gasteiger charge is 2.12. The molecule has 29 heavy (non-hydrogen) atoms. The normalized spacial score (nSPS) is 11.0. The quantitative estimate of drug-likeness (QED) is 0.506. The Morgan fingerprint density at radius 1 is 1.03 bits per heavy atom. The number of fused-ring (bicyclic) bond motifs is 1. The van der Waals surface area contributed by atoms with Crippen molar-refractivity contribution in [3.05, 3.63) is 86.9 Å². The minimum absolute atomic E-state index is 0.0826. The smallest absolute Gasteiger partial charge is 0.277 e. The zero-order chi connectivity index (χ0) is 20.5. The summed E-state index contributed by atoms with van der Waals surface area (Å²) in [6.45, 7) is 3.91. The molecular weight excluding hydrogens is 432 g/mol. The third kappa shape index (κ3) is 4.00. The zero-order valence-corrected chi connectivity index (χ0v) is 17.6. The first-order chi connectivity index (χ1) is 13.9. The van der Waals surface area contributed by atoms with Gasteiger partial charge in [-0.25, -0.2) is 4.52 Å². The number of hydrogen-bond acceptors (Lipinski definition) is 3. The van der Waals surface area contributed by atoms with E-state index < -0.39 is 0 Å². The molecule has 0 bridgehead atoms. The molecule has 0 spiro atoms. The molecule has 2 aromatic heterocycles. The number of hydrogen-bond donors (Lipinski definition) is 1. The maximum Gasteiger partial charge on any atom is 0.277 e. The molecule has 0 radical (unpaired) electrons. The van der Waals surface area contributed by atoms with Crippen LogP contribution in [0, 0.1) is 13.8 Å². The SMILES string of the molecule is Cc1ccc(-c2cc3c(=O)n(CC(=O)Nc4ccc(C)cc4Br)ccn3n2)cc1. The second kappa shape index (κ2) is 7.67. The Bertz CT molecular complexity index is 1270. The van der Waals surface area contributed by atoms with E-state index in [9.17, 15) is 9.59 Å². The van der Waals surface area contributed by atoms with Crippen LogP contribution in [0.1, 0.15) is 11.1 Å². The molecule has 0 atom stereocenters. The van der Waals surface area contributed by atoms with Crippen LogP contribution in [0.4, 0.5) is 5.69 Å². The van der Waals surface area contributed by atoms with E-state index in [-0.39, 0.29) is 18.0 Å². The zero-order valence-electron chi connectivity index (χ0n) is 16.0. The lowest BCUT2D eigenvalue weighted by molar-refractivity contribution is -0.116. The number of anilines is 1. The van der Waals surface area contributed by atoms with Crippen LogP contribution in [0.2, 0.25) is 0 Å². The number of carbonyl (C=O) groups excluding carboxylic acids is 1. The van der Waals surface area contributed by atoms with E-state index in [0.29, 0.717) is 16.9 Å². The van der Waals surface area contributed by atoms with Gasteiger partial charge in [0.1, 0.15) is 12.1 Å². The molecule has 6 nitrogen and oxygen atoms in total. The highest BCUT2D eigenvalue weighted by Crippen LogP contribution is 2.23. The van der Waals surface area contributed by atoms with Gasteiger partial charge in [-0.1, -0.05) is 35.9 Å². The first-order valence-corrected chi connectivity index (χ1v) is 9.92. The van der Waals surface area contributed by atoms with E-state index in [1.807, 2.05) is 56.3 Å². The molecule has 0 saturated carbocycles. The number of halogens is 1. The Labute approximate surface area is 175 Å². The van der Waals surface area contributed by atoms with Crippen LogP contribution in [-0.4, -0.2) is 20.1 Å². The lowest BCUT2D eigenvalue weighted by Crippen LogP contribution is -2.28. The van der Waals surface area contributed by atoms with E-state index in [4.69, 9.17) is 0 Å². The van der Waals surface area contributed by atoms with E-state index in [2.05, 4.69) is 26.3 Å². The third-order valence-corrected chi connectivity index (χ3v) is 5.32. The summed E-state index contributed by atoms with van der Waals surface area (Å²) in [6, 6.07) is 15.4. The van der Waals surface area contributed by atoms with E-state index in [1.54, 1.807) is 23.0 Å². The van der Waals surface area contributed by atoms with E-state index in [1.165, 1.54) is 4.57 Å². The van der Waals surface area contributed by atoms with Crippen molar-refractivity contribution in [3.63, 3.8) is 0 Å². The van der Waals surface area contributed by atoms with Crippen molar-refractivity contribution in [3.8, 4) is 11.3 Å². The van der Waals surface area contributed by atoms with Crippen LogP contribution in [0.3, 0.4) is 0 Å². The van der Waals surface area contributed by atoms with Gasteiger partial charge in [-0.05, 0) is 53.5 Å². The van der Waals surface area contributed by atoms with E-state index >= 15 is 0 Å². The van der Waals surface area contributed by atoms with Gasteiger partial charge in [-0.15, -0.1) is 0 Å². The summed E-state index contributed by atoms with van der Waals surface area (Å²) in [7, 11) is 0. The van der Waals surface area contributed by atoms with Crippen LogP contribution in [-0.2, 0) is 11.3 Å². The molecule has 2 heterocycles. The predicted molar refractivity (Wildman–Crippen MR) is 117 cm³/mol. The van der Waals surface area contributed by atoms with Crippen molar-refractivity contribution in [2.24, 2.45) is 0 Å². The molecule has 0 aliphatic carbocycles. The molecule has 1 amide bonds. The lowest BCUT2D eigenvalue weighted by Gasteiger charge is -2.09. The van der Waals surface area contributed by atoms with Gasteiger partial charge in [0.2, 0.25) is 5.91 Å². The molecule has 0 aliphatic rings. The van der Waals surface area contributed by atoms with Crippen LogP contribution in [0.25, 0.3) is 16.8 Å². The average molecular weight is 451 g/mol. The van der Waals surface area contributed by atoms with Gasteiger partial charge >= 0.3 is 0 Å². The molecule has 146 valence electrons. The van der Waals surface area contributed by atoms with Gasteiger partial charge in [-0.2, -0.15) is 5.10 Å². The minimum atomic E-state index is -0.278. The largest absolute Gasteiger partial charge is 0.324 e. The molecule has 0 saturated heterocycles. The Kier molecular flexibility index (Phi) is 5.07. The fraction of sp³-hybridized carbons (Fsp3) is 0.136. The van der Waals surface area contributed by atoms with Crippen LogP contribution in [0.15, 0.2) is 70.2 Å². The molecule has 0 aliphatic heterocycles. The second-order valence-corrected chi connectivity index (χ2v) is 7.84. The first-order valence-electron chi connectivity index (χ1n) is 9.12. The number of rotatable bonds is 4. The van der Waals surface area contributed by atoms with Crippen LogP contribution < -0.4 is 10.9 Å². The van der Waals surface area contributed by atoms with Crippen LogP contribution >= 0.6 is 15.9 Å². The van der Waals surface area contributed by atoms with Gasteiger partial charge in [0.25, 0.3) is 5.56 Å². The van der Waals surface area contributed by atoms with Gasteiger partial charge in [0, 0.05) is 22.4 Å². The monoisotopic (exact) mass is 450 g/mol. The molecule has 4 aromatic rings. The Balaban J connectivity index is 1.59. The van der Waals surface area contributed by atoms with Crippen molar-refractivity contribution in [1.29, 1.82) is 0 Å². The molecule has 2 aromatic carbocycles. The van der Waals surface area contributed by atoms with Crippen molar-refractivity contribution < 1.29 is 4.79 Å². The molecule has 7 heteroatoms. The number of aryl methyl sites for hydroxylation is 2. The molecule has 1 N–H and O–H groups in total. The minimum Gasteiger partial charge on any atom is -0.324 e. The van der Waals surface area contributed by atoms with Gasteiger partial charge < -0.3 is 9.88 Å². The molecule has 4 rings (SSSR count). The Morgan fingerprint density at radius 3 is 2.48 bits per heavy atom. The number of nitrogens with zero attached hydrogens (tertiary/aromatic N) is 3. The summed E-state index contributed by atoms with van der Waals surface area (Å²) >= 11 is 3.44. The summed E-state index contributed by atoms with van der Waals surface area (Å²) in [6.07, 6.45) is 3.26.